The van der Waals surface area contributed by atoms with Crippen molar-refractivity contribution >= 4 is 5.91 Å². The summed E-state index contributed by atoms with van der Waals surface area (Å²) in [6.07, 6.45) is 2.29. The van der Waals surface area contributed by atoms with E-state index in [2.05, 4.69) is 25.5 Å². The lowest BCUT2D eigenvalue weighted by atomic mass is 10.0. The first kappa shape index (κ1) is 16.2. The molecule has 0 spiro atoms. The Morgan fingerprint density at radius 2 is 2.28 bits per heavy atom. The number of nitrogens with zero attached hydrogens (tertiary/aromatic N) is 5. The van der Waals surface area contributed by atoms with Gasteiger partial charge >= 0.3 is 0 Å². The average Bonchev–Trinajstić information content (AvgIpc) is 3.31. The number of aliphatic hydroxyl groups is 1. The average molecular weight is 342 g/mol. The topological polar surface area (TPSA) is 98.2 Å². The molecule has 2 aliphatic rings. The van der Waals surface area contributed by atoms with Crippen molar-refractivity contribution in [2.45, 2.75) is 31.8 Å². The molecule has 25 heavy (non-hydrogen) atoms. The molecule has 2 fully saturated rings. The molecular weight excluding hydrogens is 320 g/mol. The Balaban J connectivity index is 1.59. The largest absolute Gasteiger partial charge is 0.394 e. The summed E-state index contributed by atoms with van der Waals surface area (Å²) in [6.45, 7) is 4.43. The molecule has 1 aromatic carbocycles. The highest BCUT2D eigenvalue weighted by Gasteiger charge is 2.38. The number of aromatic nitrogens is 4. The third-order valence-corrected chi connectivity index (χ3v) is 5.32. The predicted molar refractivity (Wildman–Crippen MR) is 90.9 cm³/mol. The van der Waals surface area contributed by atoms with Crippen LogP contribution in [0.15, 0.2) is 18.2 Å². The van der Waals surface area contributed by atoms with Crippen molar-refractivity contribution in [2.75, 3.05) is 26.2 Å². The Kier molecular flexibility index (Phi) is 4.22. The number of aryl methyl sites for hydroxylation is 1. The maximum absolute atomic E-state index is 13.1. The van der Waals surface area contributed by atoms with E-state index in [4.69, 9.17) is 0 Å². The van der Waals surface area contributed by atoms with Gasteiger partial charge in [-0.2, -0.15) is 5.21 Å². The molecule has 2 N–H and O–H groups in total. The van der Waals surface area contributed by atoms with Gasteiger partial charge in [-0.25, -0.2) is 0 Å². The van der Waals surface area contributed by atoms with Crippen LogP contribution in [0.3, 0.4) is 0 Å². The molecule has 0 aliphatic carbocycles. The van der Waals surface area contributed by atoms with Gasteiger partial charge in [-0.1, -0.05) is 6.07 Å². The molecular formula is C17H22N6O2. The summed E-state index contributed by atoms with van der Waals surface area (Å²) < 4.78 is 0. The zero-order valence-electron chi connectivity index (χ0n) is 14.2. The van der Waals surface area contributed by atoms with Gasteiger partial charge in [0, 0.05) is 30.3 Å². The van der Waals surface area contributed by atoms with Gasteiger partial charge in [0.05, 0.1) is 12.6 Å². The Morgan fingerprint density at radius 3 is 3.00 bits per heavy atom. The number of nitrogens with one attached hydrogen (secondary N) is 1. The van der Waals surface area contributed by atoms with Crippen LogP contribution in [0.5, 0.6) is 0 Å². The number of aliphatic hydroxyl groups excluding tert-OH is 1. The highest BCUT2D eigenvalue weighted by molar-refractivity contribution is 5.96. The Bertz CT molecular complexity index is 763. The second-order valence-corrected chi connectivity index (χ2v) is 6.85. The number of tetrazole rings is 1. The van der Waals surface area contributed by atoms with Crippen LogP contribution >= 0.6 is 0 Å². The van der Waals surface area contributed by atoms with E-state index in [0.717, 1.165) is 30.6 Å². The lowest BCUT2D eigenvalue weighted by Crippen LogP contribution is -2.59. The second-order valence-electron chi connectivity index (χ2n) is 6.85. The molecule has 8 nitrogen and oxygen atoms in total. The van der Waals surface area contributed by atoms with Crippen LogP contribution in [-0.4, -0.2) is 79.8 Å². The molecule has 1 amide bonds. The van der Waals surface area contributed by atoms with Crippen LogP contribution in [-0.2, 0) is 0 Å². The van der Waals surface area contributed by atoms with Gasteiger partial charge < -0.3 is 10.0 Å². The number of H-pyrrole nitrogens is 1. The molecule has 132 valence electrons. The first-order valence-corrected chi connectivity index (χ1v) is 8.67. The van der Waals surface area contributed by atoms with Crippen LogP contribution in [0.2, 0.25) is 0 Å². The first-order chi connectivity index (χ1) is 12.2. The summed E-state index contributed by atoms with van der Waals surface area (Å²) in [5, 5.41) is 23.7. The molecule has 3 heterocycles. The molecule has 1 aromatic heterocycles. The van der Waals surface area contributed by atoms with Crippen LogP contribution in [0, 0.1) is 6.92 Å². The Morgan fingerprint density at radius 1 is 1.40 bits per heavy atom. The summed E-state index contributed by atoms with van der Waals surface area (Å²) in [4.78, 5) is 17.4. The Hall–Kier alpha value is -2.32. The SMILES string of the molecule is Cc1cc(-c2nn[nH]n2)ccc1C(=O)N1C[C@@H]2CCCN2C[C@@H]1CO. The van der Waals surface area contributed by atoms with Crippen LogP contribution in [0.1, 0.15) is 28.8 Å². The Labute approximate surface area is 145 Å². The number of hydrogen-bond acceptors (Lipinski definition) is 6. The molecule has 2 aliphatic heterocycles. The molecule has 0 radical (unpaired) electrons. The van der Waals surface area contributed by atoms with Crippen molar-refractivity contribution in [3.8, 4) is 11.4 Å². The van der Waals surface area contributed by atoms with E-state index in [-0.39, 0.29) is 18.6 Å². The van der Waals surface area contributed by atoms with Gasteiger partial charge in [0.25, 0.3) is 5.91 Å². The fourth-order valence-corrected chi connectivity index (χ4v) is 3.97. The number of rotatable bonds is 3. The molecule has 8 heteroatoms. The molecule has 2 saturated heterocycles. The lowest BCUT2D eigenvalue weighted by Gasteiger charge is -2.43. The maximum atomic E-state index is 13.1. The van der Waals surface area contributed by atoms with Gasteiger partial charge in [-0.05, 0) is 49.2 Å². The highest BCUT2D eigenvalue weighted by atomic mass is 16.3. The van der Waals surface area contributed by atoms with E-state index < -0.39 is 0 Å². The standard InChI is InChI=1S/C17H22N6O2/c1-11-7-12(16-18-20-21-19-16)4-5-15(11)17(25)23-9-13-3-2-6-22(13)8-14(23)10-24/h4-5,7,13-14,24H,2-3,6,8-10H2,1H3,(H,18,19,20,21)/t13-,14+/m0/s1. The first-order valence-electron chi connectivity index (χ1n) is 8.67. The van der Waals surface area contributed by atoms with Crippen LogP contribution in [0.25, 0.3) is 11.4 Å². The van der Waals surface area contributed by atoms with E-state index >= 15 is 0 Å². The van der Waals surface area contributed by atoms with Crippen molar-refractivity contribution < 1.29 is 9.90 Å². The fraction of sp³-hybridized carbons (Fsp3) is 0.529. The minimum Gasteiger partial charge on any atom is -0.394 e. The normalized spacial score (nSPS) is 23.7. The number of benzene rings is 1. The molecule has 0 unspecified atom stereocenters. The number of hydrogen-bond donors (Lipinski definition) is 2. The van der Waals surface area contributed by atoms with Crippen molar-refractivity contribution in [1.82, 2.24) is 30.4 Å². The minimum atomic E-state index is -0.141. The van der Waals surface area contributed by atoms with E-state index in [1.165, 1.54) is 6.42 Å². The van der Waals surface area contributed by atoms with E-state index in [1.54, 1.807) is 0 Å². The van der Waals surface area contributed by atoms with Gasteiger partial charge in [-0.3, -0.25) is 9.69 Å². The summed E-state index contributed by atoms with van der Waals surface area (Å²) in [7, 11) is 0. The van der Waals surface area contributed by atoms with Crippen molar-refractivity contribution in [2.24, 2.45) is 0 Å². The van der Waals surface area contributed by atoms with E-state index in [9.17, 15) is 9.90 Å². The maximum Gasteiger partial charge on any atom is 0.254 e. The van der Waals surface area contributed by atoms with E-state index in [0.29, 0.717) is 24.0 Å². The van der Waals surface area contributed by atoms with Crippen molar-refractivity contribution in [3.63, 3.8) is 0 Å². The van der Waals surface area contributed by atoms with Crippen LogP contribution in [0.4, 0.5) is 0 Å². The third kappa shape index (κ3) is 2.91. The minimum absolute atomic E-state index is 0.00501. The summed E-state index contributed by atoms with van der Waals surface area (Å²) in [5.74, 6) is 0.498. The number of carbonyl (C=O) groups is 1. The number of aromatic amines is 1. The zero-order chi connectivity index (χ0) is 17.4. The molecule has 0 bridgehead atoms. The predicted octanol–water partition coefficient (Wildman–Crippen LogP) is 0.456. The smallest absolute Gasteiger partial charge is 0.254 e. The van der Waals surface area contributed by atoms with E-state index in [1.807, 2.05) is 30.0 Å². The molecule has 0 saturated carbocycles. The highest BCUT2D eigenvalue weighted by Crippen LogP contribution is 2.27. The molecule has 2 aromatic rings. The number of piperazine rings is 1. The van der Waals surface area contributed by atoms with Crippen molar-refractivity contribution in [1.29, 1.82) is 0 Å². The quantitative estimate of drug-likeness (QED) is 0.841. The zero-order valence-corrected chi connectivity index (χ0v) is 14.2. The van der Waals surface area contributed by atoms with Gasteiger partial charge in [0.1, 0.15) is 0 Å². The molecule has 4 rings (SSSR count). The van der Waals surface area contributed by atoms with Crippen molar-refractivity contribution in [3.05, 3.63) is 29.3 Å². The summed E-state index contributed by atoms with van der Waals surface area (Å²) >= 11 is 0. The monoisotopic (exact) mass is 342 g/mol. The summed E-state index contributed by atoms with van der Waals surface area (Å²) in [6, 6.07) is 5.84. The summed E-state index contributed by atoms with van der Waals surface area (Å²) in [5.41, 5.74) is 2.36. The number of fused-ring (bicyclic) bond motifs is 1. The fourth-order valence-electron chi connectivity index (χ4n) is 3.97. The van der Waals surface area contributed by atoms with Crippen LogP contribution < -0.4 is 0 Å². The number of amides is 1. The lowest BCUT2D eigenvalue weighted by molar-refractivity contribution is 0.0192. The third-order valence-electron chi connectivity index (χ3n) is 5.32. The van der Waals surface area contributed by atoms with Gasteiger partial charge in [0.2, 0.25) is 5.82 Å². The molecule has 2 atom stereocenters. The number of carbonyl (C=O) groups excluding carboxylic acids is 1. The second kappa shape index (κ2) is 6.53. The van der Waals surface area contributed by atoms with Gasteiger partial charge in [0.15, 0.2) is 0 Å². The van der Waals surface area contributed by atoms with Gasteiger partial charge in [-0.15, -0.1) is 10.2 Å².